The van der Waals surface area contributed by atoms with Crippen molar-refractivity contribution in [1.82, 2.24) is 10.6 Å². The monoisotopic (exact) mass is 212 g/mol. The predicted octanol–water partition coefficient (Wildman–Crippen LogP) is 1.17. The molecule has 0 aromatic rings. The molecule has 0 rings (SSSR count). The molecule has 82 valence electrons. The highest BCUT2D eigenvalue weighted by molar-refractivity contribution is 5.97. The second kappa shape index (κ2) is 4.83. The lowest BCUT2D eigenvalue weighted by Gasteiger charge is -2.12. The van der Waals surface area contributed by atoms with E-state index in [1.165, 1.54) is 5.32 Å². The number of amides is 3. The van der Waals surface area contributed by atoms with E-state index in [1.54, 1.807) is 13.8 Å². The summed E-state index contributed by atoms with van der Waals surface area (Å²) in [5.74, 6) is -2.27. The Morgan fingerprint density at radius 1 is 1.36 bits per heavy atom. The van der Waals surface area contributed by atoms with Crippen molar-refractivity contribution in [3.63, 3.8) is 0 Å². The Hall–Kier alpha value is -1.27. The fourth-order valence-electron chi connectivity index (χ4n) is 0.536. The fourth-order valence-corrected chi connectivity index (χ4v) is 0.536. The summed E-state index contributed by atoms with van der Waals surface area (Å²) in [6.45, 7) is 3.36. The quantitative estimate of drug-likeness (QED) is 0.721. The number of hydrogen-bond acceptors (Lipinski definition) is 2. The van der Waals surface area contributed by atoms with Gasteiger partial charge in [0.15, 0.2) is 0 Å². The van der Waals surface area contributed by atoms with Crippen LogP contribution in [0.5, 0.6) is 0 Å². The maximum Gasteiger partial charge on any atom is 0.471 e. The molecule has 0 aliphatic carbocycles. The molecule has 0 aliphatic rings. The summed E-state index contributed by atoms with van der Waals surface area (Å²) >= 11 is 0. The van der Waals surface area contributed by atoms with Crippen LogP contribution in [0.4, 0.5) is 18.0 Å². The first-order chi connectivity index (χ1) is 6.27. The highest BCUT2D eigenvalue weighted by atomic mass is 19.4. The van der Waals surface area contributed by atoms with Gasteiger partial charge in [-0.1, -0.05) is 6.92 Å². The largest absolute Gasteiger partial charge is 0.471 e. The Balaban J connectivity index is 4.02. The van der Waals surface area contributed by atoms with Gasteiger partial charge >= 0.3 is 18.1 Å². The molecule has 14 heavy (non-hydrogen) atoms. The van der Waals surface area contributed by atoms with Gasteiger partial charge in [-0.3, -0.25) is 10.1 Å². The average molecular weight is 212 g/mol. The molecule has 1 atom stereocenters. The zero-order valence-electron chi connectivity index (χ0n) is 7.73. The Bertz CT molecular complexity index is 227. The zero-order chi connectivity index (χ0) is 11.4. The normalized spacial score (nSPS) is 13.2. The summed E-state index contributed by atoms with van der Waals surface area (Å²) in [4.78, 5) is 21.0. The molecule has 0 heterocycles. The van der Waals surface area contributed by atoms with E-state index in [0.717, 1.165) is 0 Å². The van der Waals surface area contributed by atoms with Crippen LogP contribution >= 0.6 is 0 Å². The molecule has 0 bridgehead atoms. The molecule has 0 aliphatic heterocycles. The molecule has 0 fully saturated rings. The lowest BCUT2D eigenvalue weighted by Crippen LogP contribution is -2.47. The minimum Gasteiger partial charge on any atom is -0.335 e. The third-order valence-electron chi connectivity index (χ3n) is 1.47. The molecule has 4 nitrogen and oxygen atoms in total. The van der Waals surface area contributed by atoms with Crippen LogP contribution in [0.15, 0.2) is 0 Å². The first-order valence-corrected chi connectivity index (χ1v) is 3.96. The van der Waals surface area contributed by atoms with Gasteiger partial charge in [-0.15, -0.1) is 0 Å². The van der Waals surface area contributed by atoms with Crippen molar-refractivity contribution in [1.29, 1.82) is 0 Å². The van der Waals surface area contributed by atoms with Crippen molar-refractivity contribution in [2.75, 3.05) is 0 Å². The number of urea groups is 1. The molecule has 0 saturated heterocycles. The van der Waals surface area contributed by atoms with Gasteiger partial charge in [-0.05, 0) is 13.3 Å². The number of nitrogens with one attached hydrogen (secondary N) is 2. The Kier molecular flexibility index (Phi) is 4.39. The van der Waals surface area contributed by atoms with Crippen molar-refractivity contribution in [3.8, 4) is 0 Å². The molecule has 0 aromatic heterocycles. The van der Waals surface area contributed by atoms with Crippen molar-refractivity contribution in [2.24, 2.45) is 0 Å². The van der Waals surface area contributed by atoms with E-state index in [9.17, 15) is 22.8 Å². The van der Waals surface area contributed by atoms with Crippen molar-refractivity contribution < 1.29 is 22.8 Å². The number of carbonyl (C=O) groups excluding carboxylic acids is 2. The molecule has 2 N–H and O–H groups in total. The van der Waals surface area contributed by atoms with Gasteiger partial charge in [-0.2, -0.15) is 13.2 Å². The van der Waals surface area contributed by atoms with Gasteiger partial charge in [0.2, 0.25) is 0 Å². The third-order valence-corrected chi connectivity index (χ3v) is 1.47. The Morgan fingerprint density at radius 3 is 2.21 bits per heavy atom. The van der Waals surface area contributed by atoms with Crippen LogP contribution in [0.25, 0.3) is 0 Å². The summed E-state index contributed by atoms with van der Waals surface area (Å²) in [5.41, 5.74) is 0. The topological polar surface area (TPSA) is 58.2 Å². The molecule has 1 unspecified atom stereocenters. The van der Waals surface area contributed by atoms with Crippen LogP contribution in [-0.4, -0.2) is 24.2 Å². The number of rotatable bonds is 2. The molecular weight excluding hydrogens is 201 g/mol. The smallest absolute Gasteiger partial charge is 0.335 e. The van der Waals surface area contributed by atoms with Crippen molar-refractivity contribution in [2.45, 2.75) is 32.5 Å². The number of halogens is 3. The number of imide groups is 1. The van der Waals surface area contributed by atoms with Gasteiger partial charge in [-0.25, -0.2) is 4.79 Å². The number of hydrogen-bond donors (Lipinski definition) is 2. The van der Waals surface area contributed by atoms with E-state index in [2.05, 4.69) is 5.32 Å². The molecule has 0 saturated carbocycles. The van der Waals surface area contributed by atoms with E-state index < -0.39 is 18.1 Å². The van der Waals surface area contributed by atoms with Crippen molar-refractivity contribution in [3.05, 3.63) is 0 Å². The van der Waals surface area contributed by atoms with Crippen molar-refractivity contribution >= 4 is 11.9 Å². The second-order valence-corrected chi connectivity index (χ2v) is 2.73. The first-order valence-electron chi connectivity index (χ1n) is 3.96. The summed E-state index contributed by atoms with van der Waals surface area (Å²) < 4.78 is 34.9. The molecule has 7 heteroatoms. The highest BCUT2D eigenvalue weighted by Crippen LogP contribution is 2.13. The molecule has 0 radical (unpaired) electrons. The summed E-state index contributed by atoms with van der Waals surface area (Å²) in [6, 6.07) is -1.42. The van der Waals surface area contributed by atoms with Crippen LogP contribution in [0.3, 0.4) is 0 Å². The van der Waals surface area contributed by atoms with Gasteiger partial charge in [0.05, 0.1) is 0 Å². The van der Waals surface area contributed by atoms with E-state index in [0.29, 0.717) is 6.42 Å². The zero-order valence-corrected chi connectivity index (χ0v) is 7.73. The van der Waals surface area contributed by atoms with Gasteiger partial charge in [0, 0.05) is 6.04 Å². The molecule has 0 spiro atoms. The summed E-state index contributed by atoms with van der Waals surface area (Å²) in [7, 11) is 0. The molecule has 3 amide bonds. The predicted molar refractivity (Wildman–Crippen MR) is 42.5 cm³/mol. The van der Waals surface area contributed by atoms with E-state index in [1.807, 2.05) is 0 Å². The van der Waals surface area contributed by atoms with Gasteiger partial charge < -0.3 is 5.32 Å². The minimum atomic E-state index is -5.03. The van der Waals surface area contributed by atoms with Crippen LogP contribution in [0.2, 0.25) is 0 Å². The lowest BCUT2D eigenvalue weighted by atomic mass is 10.3. The van der Waals surface area contributed by atoms with E-state index in [-0.39, 0.29) is 6.04 Å². The second-order valence-electron chi connectivity index (χ2n) is 2.73. The van der Waals surface area contributed by atoms with E-state index >= 15 is 0 Å². The number of carbonyl (C=O) groups is 2. The summed E-state index contributed by atoms with van der Waals surface area (Å²) in [6.07, 6.45) is -4.47. The maximum absolute atomic E-state index is 11.6. The SMILES string of the molecule is CCC(C)NC(=O)NC(=O)C(F)(F)F. The first kappa shape index (κ1) is 12.7. The van der Waals surface area contributed by atoms with Gasteiger partial charge in [0.1, 0.15) is 0 Å². The van der Waals surface area contributed by atoms with Gasteiger partial charge in [0.25, 0.3) is 0 Å². The summed E-state index contributed by atoms with van der Waals surface area (Å²) in [5, 5.41) is 3.33. The van der Waals surface area contributed by atoms with Crippen LogP contribution in [0.1, 0.15) is 20.3 Å². The number of alkyl halides is 3. The standard InChI is InChI=1S/C7H11F3N2O2/c1-3-4(2)11-6(14)12-5(13)7(8,9)10/h4H,3H2,1-2H3,(H2,11,12,13,14). The minimum absolute atomic E-state index is 0.281. The molecular formula is C7H11F3N2O2. The van der Waals surface area contributed by atoms with Crippen LogP contribution < -0.4 is 10.6 Å². The average Bonchev–Trinajstić information content (AvgIpc) is 2.02. The van der Waals surface area contributed by atoms with E-state index in [4.69, 9.17) is 0 Å². The maximum atomic E-state index is 11.6. The van der Waals surface area contributed by atoms with Crippen LogP contribution in [0, 0.1) is 0 Å². The third kappa shape index (κ3) is 4.68. The fraction of sp³-hybridized carbons (Fsp3) is 0.714. The lowest BCUT2D eigenvalue weighted by molar-refractivity contribution is -0.172. The highest BCUT2D eigenvalue weighted by Gasteiger charge is 2.39. The Labute approximate surface area is 78.8 Å². The molecule has 0 aromatic carbocycles. The Morgan fingerprint density at radius 2 is 1.86 bits per heavy atom. The van der Waals surface area contributed by atoms with Crippen LogP contribution in [-0.2, 0) is 4.79 Å².